The van der Waals surface area contributed by atoms with Crippen molar-refractivity contribution in [3.8, 4) is 11.5 Å². The van der Waals surface area contributed by atoms with Gasteiger partial charge in [0.15, 0.2) is 11.5 Å². The number of nitrogens with zero attached hydrogens (tertiary/aromatic N) is 1. The van der Waals surface area contributed by atoms with Gasteiger partial charge in [0.2, 0.25) is 0 Å². The predicted octanol–water partition coefficient (Wildman–Crippen LogP) is 2.62. The molecule has 25 heavy (non-hydrogen) atoms. The van der Waals surface area contributed by atoms with Crippen molar-refractivity contribution >= 4 is 0 Å². The van der Waals surface area contributed by atoms with Crippen LogP contribution in [0.1, 0.15) is 49.7 Å². The van der Waals surface area contributed by atoms with Crippen LogP contribution in [-0.2, 0) is 11.8 Å². The van der Waals surface area contributed by atoms with E-state index in [1.165, 1.54) is 43.5 Å². The van der Waals surface area contributed by atoms with Crippen LogP contribution >= 0.6 is 0 Å². The molecule has 1 aromatic carbocycles. The summed E-state index contributed by atoms with van der Waals surface area (Å²) in [6.07, 6.45) is 8.73. The molecule has 2 aliphatic heterocycles. The highest BCUT2D eigenvalue weighted by Crippen LogP contribution is 2.64. The largest absolute Gasteiger partial charge is 0.493 e. The normalized spacial score (nSPS) is 41.2. The topological polar surface area (TPSA) is 47.7 Å². The molecular weight excluding hydrogens is 312 g/mol. The molecule has 134 valence electrons. The Labute approximate surface area is 149 Å². The van der Waals surface area contributed by atoms with E-state index in [0.717, 1.165) is 43.1 Å². The highest BCUT2D eigenvalue weighted by atomic mass is 16.5. The first-order valence-corrected chi connectivity index (χ1v) is 10.1. The van der Waals surface area contributed by atoms with Gasteiger partial charge in [0, 0.05) is 23.7 Å². The second kappa shape index (κ2) is 4.72. The van der Waals surface area contributed by atoms with Crippen molar-refractivity contribution in [2.75, 3.05) is 20.2 Å². The van der Waals surface area contributed by atoms with E-state index in [0.29, 0.717) is 6.04 Å². The number of hydrogen-bond donors (Lipinski definition) is 1. The first-order valence-electron chi connectivity index (χ1n) is 10.1. The van der Waals surface area contributed by atoms with E-state index in [4.69, 9.17) is 15.2 Å². The lowest BCUT2D eigenvalue weighted by Gasteiger charge is -2.64. The minimum atomic E-state index is -0.145. The Bertz CT molecular complexity index is 746. The van der Waals surface area contributed by atoms with Gasteiger partial charge < -0.3 is 15.2 Å². The smallest absolute Gasteiger partial charge is 0.165 e. The van der Waals surface area contributed by atoms with Gasteiger partial charge in [0.25, 0.3) is 0 Å². The fraction of sp³-hybridized carbons (Fsp3) is 0.714. The zero-order valence-corrected chi connectivity index (χ0v) is 15.1. The Morgan fingerprint density at radius 2 is 2.16 bits per heavy atom. The van der Waals surface area contributed by atoms with Crippen LogP contribution in [0.2, 0.25) is 0 Å². The van der Waals surface area contributed by atoms with Gasteiger partial charge in [-0.2, -0.15) is 0 Å². The van der Waals surface area contributed by atoms with Crippen LogP contribution in [-0.4, -0.2) is 42.8 Å². The van der Waals surface area contributed by atoms with Crippen molar-refractivity contribution in [2.45, 2.75) is 68.0 Å². The summed E-state index contributed by atoms with van der Waals surface area (Å²) in [5.74, 6) is 2.82. The van der Waals surface area contributed by atoms with Crippen LogP contribution in [0.25, 0.3) is 0 Å². The summed E-state index contributed by atoms with van der Waals surface area (Å²) >= 11 is 0. The quantitative estimate of drug-likeness (QED) is 0.919. The standard InChI is InChI=1S/C21H28N2O2/c1-24-15-7-6-14-11-16-21(22)8-2-3-17-20(21,18(14)19(15)25-17)9-10-23(16)12-13-4-5-13/h6-7,13,16-17H,2-5,8-12,22H2,1H3/t16-,17+,20-,21-/m1/s1. The molecule has 2 saturated carbocycles. The third-order valence-corrected chi connectivity index (χ3v) is 8.00. The molecule has 1 aromatic rings. The van der Waals surface area contributed by atoms with Crippen LogP contribution in [0, 0.1) is 5.92 Å². The number of nitrogens with two attached hydrogens (primary N) is 1. The number of rotatable bonds is 3. The van der Waals surface area contributed by atoms with Gasteiger partial charge in [-0.1, -0.05) is 6.07 Å². The van der Waals surface area contributed by atoms with Crippen molar-refractivity contribution in [1.82, 2.24) is 4.90 Å². The second-order valence-electron chi connectivity index (χ2n) is 9.05. The Morgan fingerprint density at radius 1 is 1.28 bits per heavy atom. The molecule has 0 radical (unpaired) electrons. The minimum Gasteiger partial charge on any atom is -0.493 e. The molecule has 2 bridgehead atoms. The molecule has 3 fully saturated rings. The molecule has 1 saturated heterocycles. The molecule has 4 nitrogen and oxygen atoms in total. The fourth-order valence-corrected chi connectivity index (χ4v) is 6.74. The summed E-state index contributed by atoms with van der Waals surface area (Å²) in [6.45, 7) is 2.43. The van der Waals surface area contributed by atoms with E-state index in [9.17, 15) is 0 Å². The van der Waals surface area contributed by atoms with Crippen molar-refractivity contribution < 1.29 is 9.47 Å². The number of methoxy groups -OCH3 is 1. The maximum absolute atomic E-state index is 7.36. The van der Waals surface area contributed by atoms with Crippen LogP contribution < -0.4 is 15.2 Å². The molecule has 2 heterocycles. The third-order valence-electron chi connectivity index (χ3n) is 8.00. The van der Waals surface area contributed by atoms with Gasteiger partial charge in [-0.05, 0) is 69.0 Å². The Kier molecular flexibility index (Phi) is 2.80. The van der Waals surface area contributed by atoms with E-state index >= 15 is 0 Å². The van der Waals surface area contributed by atoms with Crippen molar-refractivity contribution in [1.29, 1.82) is 0 Å². The fourth-order valence-electron chi connectivity index (χ4n) is 6.74. The number of hydrogen-bond acceptors (Lipinski definition) is 4. The van der Waals surface area contributed by atoms with E-state index in [1.807, 2.05) is 0 Å². The molecule has 3 aliphatic carbocycles. The zero-order chi connectivity index (χ0) is 16.8. The predicted molar refractivity (Wildman–Crippen MR) is 96.3 cm³/mol. The van der Waals surface area contributed by atoms with Crippen molar-refractivity contribution in [2.24, 2.45) is 11.7 Å². The van der Waals surface area contributed by atoms with Gasteiger partial charge >= 0.3 is 0 Å². The molecule has 0 unspecified atom stereocenters. The number of ether oxygens (including phenoxy) is 2. The van der Waals surface area contributed by atoms with Crippen molar-refractivity contribution in [3.63, 3.8) is 0 Å². The molecule has 4 heteroatoms. The first-order chi connectivity index (χ1) is 12.2. The number of piperidine rings is 1. The van der Waals surface area contributed by atoms with Gasteiger partial charge in [-0.3, -0.25) is 4.90 Å². The summed E-state index contributed by atoms with van der Waals surface area (Å²) in [6, 6.07) is 4.86. The number of likely N-dealkylation sites (tertiary alicyclic amines) is 1. The lowest BCUT2D eigenvalue weighted by Crippen LogP contribution is -2.79. The van der Waals surface area contributed by atoms with E-state index in [1.54, 1.807) is 7.11 Å². The highest BCUT2D eigenvalue weighted by molar-refractivity contribution is 5.63. The lowest BCUT2D eigenvalue weighted by molar-refractivity contribution is -0.0717. The maximum Gasteiger partial charge on any atom is 0.165 e. The summed E-state index contributed by atoms with van der Waals surface area (Å²) in [4.78, 5) is 2.75. The Morgan fingerprint density at radius 3 is 2.96 bits per heavy atom. The van der Waals surface area contributed by atoms with Gasteiger partial charge in [-0.25, -0.2) is 0 Å². The van der Waals surface area contributed by atoms with Gasteiger partial charge in [0.1, 0.15) is 6.10 Å². The Hall–Kier alpha value is -1.26. The lowest BCUT2D eigenvalue weighted by atomic mass is 9.48. The van der Waals surface area contributed by atoms with E-state index in [-0.39, 0.29) is 17.1 Å². The molecule has 2 N–H and O–H groups in total. The average molecular weight is 340 g/mol. The third kappa shape index (κ3) is 1.66. The van der Waals surface area contributed by atoms with Crippen molar-refractivity contribution in [3.05, 3.63) is 23.3 Å². The molecule has 1 spiro atoms. The molecule has 0 aromatic heterocycles. The summed E-state index contributed by atoms with van der Waals surface area (Å²) in [7, 11) is 1.75. The number of benzene rings is 1. The minimum absolute atomic E-state index is 0.00737. The first kappa shape index (κ1) is 14.9. The van der Waals surface area contributed by atoms with Crippen LogP contribution in [0.4, 0.5) is 0 Å². The summed E-state index contributed by atoms with van der Waals surface area (Å²) < 4.78 is 12.2. The second-order valence-corrected chi connectivity index (χ2v) is 9.05. The van der Waals surface area contributed by atoms with E-state index in [2.05, 4.69) is 17.0 Å². The summed E-state index contributed by atoms with van der Waals surface area (Å²) in [5.41, 5.74) is 10.1. The average Bonchev–Trinajstić information content (AvgIpc) is 3.35. The van der Waals surface area contributed by atoms with Gasteiger partial charge in [-0.15, -0.1) is 0 Å². The van der Waals surface area contributed by atoms with E-state index < -0.39 is 0 Å². The van der Waals surface area contributed by atoms with Crippen LogP contribution in [0.15, 0.2) is 12.1 Å². The van der Waals surface area contributed by atoms with Crippen LogP contribution in [0.5, 0.6) is 11.5 Å². The zero-order valence-electron chi connectivity index (χ0n) is 15.1. The Balaban J connectivity index is 1.55. The van der Waals surface area contributed by atoms with Crippen LogP contribution in [0.3, 0.4) is 0 Å². The highest BCUT2D eigenvalue weighted by Gasteiger charge is 2.69. The summed E-state index contributed by atoms with van der Waals surface area (Å²) in [5, 5.41) is 0. The monoisotopic (exact) mass is 340 g/mol. The van der Waals surface area contributed by atoms with Gasteiger partial charge in [0.05, 0.1) is 12.5 Å². The SMILES string of the molecule is COc1ccc2c3c1O[C@H]1CCC[C@@]4(N)[C@@H](C2)N(CC2CC2)CC[C@]314. The molecular formula is C21H28N2O2. The molecule has 0 amide bonds. The molecule has 5 aliphatic rings. The molecule has 4 atom stereocenters. The maximum atomic E-state index is 7.36. The molecule has 6 rings (SSSR count).